The SMILES string of the molecule is CC[C@]12CC[C@H]3[C@@H](CCC4CC(=O)CC[C@@H]43)[C@@H]1CC[C@@]2(OC(C)=O)C(C)=O. The third-order valence-electron chi connectivity index (χ3n) is 9.10. The fourth-order valence-corrected chi connectivity index (χ4v) is 8.19. The average Bonchev–Trinajstić information content (AvgIpc) is 2.96. The molecule has 0 aliphatic heterocycles. The van der Waals surface area contributed by atoms with Crippen LogP contribution in [0.15, 0.2) is 0 Å². The third kappa shape index (κ3) is 2.65. The maximum absolute atomic E-state index is 12.8. The van der Waals surface area contributed by atoms with Crippen LogP contribution < -0.4 is 0 Å². The van der Waals surface area contributed by atoms with Crippen LogP contribution >= 0.6 is 0 Å². The zero-order valence-electron chi connectivity index (χ0n) is 17.1. The Bertz CT molecular complexity index is 655. The highest BCUT2D eigenvalue weighted by Gasteiger charge is 2.68. The second-order valence-corrected chi connectivity index (χ2v) is 9.78. The Morgan fingerprint density at radius 2 is 1.78 bits per heavy atom. The van der Waals surface area contributed by atoms with E-state index in [1.54, 1.807) is 6.92 Å². The number of rotatable bonds is 3. The Morgan fingerprint density at radius 3 is 2.44 bits per heavy atom. The van der Waals surface area contributed by atoms with Crippen molar-refractivity contribution in [2.45, 2.75) is 90.6 Å². The van der Waals surface area contributed by atoms with Crippen LogP contribution in [0, 0.1) is 35.0 Å². The van der Waals surface area contributed by atoms with Gasteiger partial charge in [-0.25, -0.2) is 0 Å². The van der Waals surface area contributed by atoms with Gasteiger partial charge in [0.15, 0.2) is 11.4 Å². The van der Waals surface area contributed by atoms with Gasteiger partial charge in [0.05, 0.1) is 0 Å². The van der Waals surface area contributed by atoms with Crippen molar-refractivity contribution in [2.24, 2.45) is 35.0 Å². The second-order valence-electron chi connectivity index (χ2n) is 9.78. The lowest BCUT2D eigenvalue weighted by Crippen LogP contribution is -2.59. The molecule has 0 bridgehead atoms. The normalized spacial score (nSPS) is 46.2. The first-order valence-electron chi connectivity index (χ1n) is 11.1. The van der Waals surface area contributed by atoms with Gasteiger partial charge in [-0.2, -0.15) is 0 Å². The number of hydrogen-bond acceptors (Lipinski definition) is 4. The molecule has 0 saturated heterocycles. The summed E-state index contributed by atoms with van der Waals surface area (Å²) in [6.07, 6.45) is 9.67. The number of ether oxygens (including phenoxy) is 1. The van der Waals surface area contributed by atoms with Crippen LogP contribution in [-0.4, -0.2) is 23.1 Å². The molecule has 4 heteroatoms. The fraction of sp³-hybridized carbons (Fsp3) is 0.870. The van der Waals surface area contributed by atoms with E-state index in [0.717, 1.165) is 51.4 Å². The fourth-order valence-electron chi connectivity index (χ4n) is 8.19. The number of hydrogen-bond donors (Lipinski definition) is 0. The highest BCUT2D eigenvalue weighted by atomic mass is 16.6. The molecule has 1 unspecified atom stereocenters. The van der Waals surface area contributed by atoms with Crippen LogP contribution in [0.4, 0.5) is 0 Å². The average molecular weight is 375 g/mol. The van der Waals surface area contributed by atoms with Crippen molar-refractivity contribution in [2.75, 3.05) is 0 Å². The molecule has 27 heavy (non-hydrogen) atoms. The quantitative estimate of drug-likeness (QED) is 0.683. The topological polar surface area (TPSA) is 60.4 Å². The van der Waals surface area contributed by atoms with E-state index >= 15 is 0 Å². The highest BCUT2D eigenvalue weighted by molar-refractivity contribution is 5.89. The second kappa shape index (κ2) is 6.70. The molecule has 0 aromatic rings. The van der Waals surface area contributed by atoms with E-state index < -0.39 is 5.60 Å². The maximum Gasteiger partial charge on any atom is 0.303 e. The van der Waals surface area contributed by atoms with E-state index in [4.69, 9.17) is 4.74 Å². The summed E-state index contributed by atoms with van der Waals surface area (Å²) < 4.78 is 5.89. The predicted molar refractivity (Wildman–Crippen MR) is 102 cm³/mol. The lowest BCUT2D eigenvalue weighted by atomic mass is 9.48. The van der Waals surface area contributed by atoms with E-state index in [2.05, 4.69) is 6.92 Å². The van der Waals surface area contributed by atoms with Gasteiger partial charge in [-0.1, -0.05) is 6.92 Å². The van der Waals surface area contributed by atoms with Crippen molar-refractivity contribution in [1.82, 2.24) is 0 Å². The standard InChI is InChI=1S/C23H34O4/c1-4-22-11-9-19-18-8-6-17(26)13-16(18)5-7-20(19)21(22)10-12-23(22,14(2)24)27-15(3)25/h16,18-21H,4-13H2,1-3H3/t16?,18-,19+,20+,21-,22-,23+/m0/s1. The number of esters is 1. The number of ketones is 2. The monoisotopic (exact) mass is 374 g/mol. The summed E-state index contributed by atoms with van der Waals surface area (Å²) in [5.74, 6) is 3.26. The van der Waals surface area contributed by atoms with Gasteiger partial charge in [0.2, 0.25) is 0 Å². The van der Waals surface area contributed by atoms with E-state index in [0.29, 0.717) is 41.8 Å². The molecule has 150 valence electrons. The van der Waals surface area contributed by atoms with Crippen molar-refractivity contribution in [3.05, 3.63) is 0 Å². The third-order valence-corrected chi connectivity index (χ3v) is 9.10. The van der Waals surface area contributed by atoms with Crippen molar-refractivity contribution in [1.29, 1.82) is 0 Å². The van der Waals surface area contributed by atoms with E-state index in [9.17, 15) is 14.4 Å². The maximum atomic E-state index is 12.8. The van der Waals surface area contributed by atoms with Crippen LogP contribution in [0.1, 0.15) is 85.0 Å². The summed E-state index contributed by atoms with van der Waals surface area (Å²) in [5, 5.41) is 0. The minimum Gasteiger partial charge on any atom is -0.451 e. The molecule has 4 rings (SSSR count). The molecule has 0 amide bonds. The van der Waals surface area contributed by atoms with Crippen molar-refractivity contribution < 1.29 is 19.1 Å². The summed E-state index contributed by atoms with van der Waals surface area (Å²) in [7, 11) is 0. The van der Waals surface area contributed by atoms with Gasteiger partial charge in [-0.3, -0.25) is 14.4 Å². The molecule has 0 spiro atoms. The predicted octanol–water partition coefficient (Wildman–Crippen LogP) is 4.49. The van der Waals surface area contributed by atoms with Gasteiger partial charge in [0, 0.05) is 25.2 Å². The highest BCUT2D eigenvalue weighted by Crippen LogP contribution is 2.67. The molecule has 0 N–H and O–H groups in total. The molecular weight excluding hydrogens is 340 g/mol. The molecule has 0 aromatic heterocycles. The van der Waals surface area contributed by atoms with Crippen LogP contribution in [-0.2, 0) is 19.1 Å². The lowest BCUT2D eigenvalue weighted by Gasteiger charge is -2.58. The minimum absolute atomic E-state index is 0.0393. The zero-order valence-corrected chi connectivity index (χ0v) is 17.1. The molecule has 7 atom stereocenters. The smallest absolute Gasteiger partial charge is 0.303 e. The minimum atomic E-state index is -0.914. The first-order chi connectivity index (χ1) is 12.8. The first kappa shape index (κ1) is 19.1. The Labute approximate surface area is 162 Å². The molecule has 4 saturated carbocycles. The molecule has 4 nitrogen and oxygen atoms in total. The van der Waals surface area contributed by atoms with Crippen LogP contribution in [0.2, 0.25) is 0 Å². The van der Waals surface area contributed by atoms with Gasteiger partial charge in [0.1, 0.15) is 5.78 Å². The summed E-state index contributed by atoms with van der Waals surface area (Å²) in [6, 6.07) is 0. The summed E-state index contributed by atoms with van der Waals surface area (Å²) in [5.41, 5.74) is -1.11. The van der Waals surface area contributed by atoms with Crippen molar-refractivity contribution in [3.8, 4) is 0 Å². The summed E-state index contributed by atoms with van der Waals surface area (Å²) in [4.78, 5) is 36.7. The van der Waals surface area contributed by atoms with E-state index in [-0.39, 0.29) is 17.2 Å². The molecule has 0 radical (unpaired) electrons. The van der Waals surface area contributed by atoms with E-state index in [1.807, 2.05) is 0 Å². The summed E-state index contributed by atoms with van der Waals surface area (Å²) in [6.45, 7) is 5.25. The van der Waals surface area contributed by atoms with Crippen LogP contribution in [0.25, 0.3) is 0 Å². The zero-order chi connectivity index (χ0) is 19.4. The molecular formula is C23H34O4. The first-order valence-corrected chi connectivity index (χ1v) is 11.1. The molecule has 4 fully saturated rings. The number of fused-ring (bicyclic) bond motifs is 5. The molecule has 4 aliphatic carbocycles. The van der Waals surface area contributed by atoms with Gasteiger partial charge >= 0.3 is 5.97 Å². The van der Waals surface area contributed by atoms with Gasteiger partial charge in [-0.05, 0) is 87.9 Å². The molecule has 4 aliphatic rings. The Morgan fingerprint density at radius 1 is 1.00 bits per heavy atom. The van der Waals surface area contributed by atoms with Crippen LogP contribution in [0.5, 0.6) is 0 Å². The largest absolute Gasteiger partial charge is 0.451 e. The Balaban J connectivity index is 1.66. The van der Waals surface area contributed by atoms with Crippen molar-refractivity contribution in [3.63, 3.8) is 0 Å². The van der Waals surface area contributed by atoms with Gasteiger partial charge < -0.3 is 4.74 Å². The molecule has 0 aromatic carbocycles. The Hall–Kier alpha value is -1.19. The van der Waals surface area contributed by atoms with E-state index in [1.165, 1.54) is 13.3 Å². The lowest BCUT2D eigenvalue weighted by molar-refractivity contribution is -0.191. The Kier molecular flexibility index (Phi) is 4.75. The number of carbonyl (C=O) groups excluding carboxylic acids is 3. The van der Waals surface area contributed by atoms with Crippen molar-refractivity contribution >= 4 is 17.5 Å². The van der Waals surface area contributed by atoms with Gasteiger partial charge in [0.25, 0.3) is 0 Å². The number of Topliss-reactive ketones (excluding diaryl/α,β-unsaturated/α-hetero) is 2. The molecule has 0 heterocycles. The van der Waals surface area contributed by atoms with Crippen LogP contribution in [0.3, 0.4) is 0 Å². The summed E-state index contributed by atoms with van der Waals surface area (Å²) >= 11 is 0. The number of carbonyl (C=O) groups is 3. The van der Waals surface area contributed by atoms with Gasteiger partial charge in [-0.15, -0.1) is 0 Å².